The van der Waals surface area contributed by atoms with E-state index >= 15 is 0 Å². The molecule has 1 aromatic rings. The zero-order chi connectivity index (χ0) is 15.6. The minimum Gasteiger partial charge on any atom is -0.497 e. The standard InChI is InChI=1S/C13H17N3O5/c1-20-8-2-3-10(16(18)19)11(6-8)21-9-4-5-13(15,7-9)12(14)17/h2-3,6,9H,4-5,7,15H2,1H3,(H2,14,17). The Labute approximate surface area is 121 Å². The van der Waals surface area contributed by atoms with E-state index in [9.17, 15) is 14.9 Å². The molecule has 0 bridgehead atoms. The van der Waals surface area contributed by atoms with Gasteiger partial charge in [0.25, 0.3) is 0 Å². The zero-order valence-electron chi connectivity index (χ0n) is 11.6. The molecule has 21 heavy (non-hydrogen) atoms. The van der Waals surface area contributed by atoms with E-state index in [0.29, 0.717) is 18.6 Å². The van der Waals surface area contributed by atoms with Crippen LogP contribution in [0.25, 0.3) is 0 Å². The maximum absolute atomic E-state index is 11.3. The number of nitro groups is 1. The number of hydrogen-bond acceptors (Lipinski definition) is 6. The Bertz CT molecular complexity index is 577. The van der Waals surface area contributed by atoms with Gasteiger partial charge in [-0.05, 0) is 18.9 Å². The third kappa shape index (κ3) is 3.05. The summed E-state index contributed by atoms with van der Waals surface area (Å²) in [6.07, 6.45) is 0.739. The van der Waals surface area contributed by atoms with Crippen LogP contribution in [0.3, 0.4) is 0 Å². The molecular formula is C13H17N3O5. The van der Waals surface area contributed by atoms with Crippen LogP contribution in [0.4, 0.5) is 5.69 Å². The zero-order valence-corrected chi connectivity index (χ0v) is 11.6. The van der Waals surface area contributed by atoms with Crippen molar-refractivity contribution < 1.29 is 19.2 Å². The van der Waals surface area contributed by atoms with Crippen LogP contribution < -0.4 is 20.9 Å². The first kappa shape index (κ1) is 15.0. The molecule has 0 heterocycles. The predicted molar refractivity (Wildman–Crippen MR) is 74.0 cm³/mol. The average Bonchev–Trinajstić information content (AvgIpc) is 2.81. The number of benzene rings is 1. The molecule has 1 aromatic carbocycles. The number of methoxy groups -OCH3 is 1. The van der Waals surface area contributed by atoms with Crippen LogP contribution in [-0.4, -0.2) is 29.6 Å². The summed E-state index contributed by atoms with van der Waals surface area (Å²) < 4.78 is 10.7. The predicted octanol–water partition coefficient (Wildman–Crippen LogP) is 0.717. The van der Waals surface area contributed by atoms with Crippen molar-refractivity contribution in [3.8, 4) is 11.5 Å². The number of ether oxygens (including phenoxy) is 2. The van der Waals surface area contributed by atoms with Crippen molar-refractivity contribution in [2.24, 2.45) is 11.5 Å². The van der Waals surface area contributed by atoms with Gasteiger partial charge in [0.15, 0.2) is 0 Å². The van der Waals surface area contributed by atoms with Gasteiger partial charge in [0, 0.05) is 18.6 Å². The highest BCUT2D eigenvalue weighted by atomic mass is 16.6. The Morgan fingerprint density at radius 1 is 1.52 bits per heavy atom. The van der Waals surface area contributed by atoms with Crippen molar-refractivity contribution in [2.75, 3.05) is 7.11 Å². The Kier molecular flexibility index (Phi) is 3.99. The lowest BCUT2D eigenvalue weighted by Crippen LogP contribution is -2.50. The number of nitro benzene ring substituents is 1. The number of rotatable bonds is 5. The van der Waals surface area contributed by atoms with Gasteiger partial charge in [-0.1, -0.05) is 0 Å². The summed E-state index contributed by atoms with van der Waals surface area (Å²) in [4.78, 5) is 21.8. The van der Waals surface area contributed by atoms with Gasteiger partial charge in [0.05, 0.1) is 17.6 Å². The lowest BCUT2D eigenvalue weighted by atomic mass is 9.99. The summed E-state index contributed by atoms with van der Waals surface area (Å²) in [5.41, 5.74) is 9.88. The van der Waals surface area contributed by atoms with Gasteiger partial charge in [0.2, 0.25) is 11.7 Å². The van der Waals surface area contributed by atoms with E-state index in [0.717, 1.165) is 0 Å². The maximum atomic E-state index is 11.3. The van der Waals surface area contributed by atoms with Gasteiger partial charge in [-0.15, -0.1) is 0 Å². The minimum atomic E-state index is -1.11. The third-order valence-corrected chi connectivity index (χ3v) is 3.65. The number of amides is 1. The summed E-state index contributed by atoms with van der Waals surface area (Å²) in [7, 11) is 1.46. The second-order valence-corrected chi connectivity index (χ2v) is 5.09. The molecule has 4 N–H and O–H groups in total. The highest BCUT2D eigenvalue weighted by Gasteiger charge is 2.42. The molecule has 0 spiro atoms. The topological polar surface area (TPSA) is 131 Å². The molecule has 8 nitrogen and oxygen atoms in total. The Morgan fingerprint density at radius 2 is 2.24 bits per heavy atom. The molecule has 1 aliphatic rings. The number of primary amides is 1. The van der Waals surface area contributed by atoms with Gasteiger partial charge in [0.1, 0.15) is 11.9 Å². The fourth-order valence-electron chi connectivity index (χ4n) is 2.40. The molecule has 114 valence electrons. The molecular weight excluding hydrogens is 278 g/mol. The van der Waals surface area contributed by atoms with Crippen molar-refractivity contribution in [2.45, 2.75) is 30.9 Å². The summed E-state index contributed by atoms with van der Waals surface area (Å²) in [5, 5.41) is 11.0. The van der Waals surface area contributed by atoms with Crippen LogP contribution >= 0.6 is 0 Å². The molecule has 2 atom stereocenters. The van der Waals surface area contributed by atoms with Crippen molar-refractivity contribution in [1.82, 2.24) is 0 Å². The molecule has 1 amide bonds. The van der Waals surface area contributed by atoms with Gasteiger partial charge < -0.3 is 20.9 Å². The smallest absolute Gasteiger partial charge is 0.311 e. The highest BCUT2D eigenvalue weighted by molar-refractivity contribution is 5.84. The number of carbonyl (C=O) groups is 1. The first-order chi connectivity index (χ1) is 9.85. The fourth-order valence-corrected chi connectivity index (χ4v) is 2.40. The van der Waals surface area contributed by atoms with Crippen molar-refractivity contribution in [1.29, 1.82) is 0 Å². The number of nitrogens with zero attached hydrogens (tertiary/aromatic N) is 1. The van der Waals surface area contributed by atoms with Crippen LogP contribution in [0.2, 0.25) is 0 Å². The third-order valence-electron chi connectivity index (χ3n) is 3.65. The summed E-state index contributed by atoms with van der Waals surface area (Å²) in [6, 6.07) is 4.24. The molecule has 2 rings (SSSR count). The van der Waals surface area contributed by atoms with E-state index in [4.69, 9.17) is 20.9 Å². The quantitative estimate of drug-likeness (QED) is 0.607. The lowest BCUT2D eigenvalue weighted by molar-refractivity contribution is -0.386. The first-order valence-electron chi connectivity index (χ1n) is 6.43. The van der Waals surface area contributed by atoms with Crippen LogP contribution in [0.5, 0.6) is 11.5 Å². The molecule has 2 unspecified atom stereocenters. The number of hydrogen-bond donors (Lipinski definition) is 2. The van der Waals surface area contributed by atoms with Crippen LogP contribution in [0.15, 0.2) is 18.2 Å². The molecule has 1 saturated carbocycles. The van der Waals surface area contributed by atoms with E-state index in [-0.39, 0.29) is 17.9 Å². The Morgan fingerprint density at radius 3 is 2.76 bits per heavy atom. The Hall–Kier alpha value is -2.35. The molecule has 1 aliphatic carbocycles. The molecule has 0 saturated heterocycles. The highest BCUT2D eigenvalue weighted by Crippen LogP contribution is 2.36. The monoisotopic (exact) mass is 295 g/mol. The van der Waals surface area contributed by atoms with E-state index in [1.807, 2.05) is 0 Å². The van der Waals surface area contributed by atoms with Gasteiger partial charge in [-0.2, -0.15) is 0 Å². The van der Waals surface area contributed by atoms with Gasteiger partial charge in [-0.3, -0.25) is 14.9 Å². The normalized spacial score (nSPS) is 24.6. The van der Waals surface area contributed by atoms with Gasteiger partial charge in [-0.25, -0.2) is 0 Å². The maximum Gasteiger partial charge on any atom is 0.311 e. The summed E-state index contributed by atoms with van der Waals surface area (Å²) in [5.74, 6) is -0.0469. The summed E-state index contributed by atoms with van der Waals surface area (Å²) >= 11 is 0. The van der Waals surface area contributed by atoms with Crippen LogP contribution in [0.1, 0.15) is 19.3 Å². The van der Waals surface area contributed by atoms with E-state index < -0.39 is 22.5 Å². The largest absolute Gasteiger partial charge is 0.497 e. The average molecular weight is 295 g/mol. The van der Waals surface area contributed by atoms with Crippen LogP contribution in [-0.2, 0) is 4.79 Å². The Balaban J connectivity index is 2.20. The fraction of sp³-hybridized carbons (Fsp3) is 0.462. The second kappa shape index (κ2) is 5.57. The van der Waals surface area contributed by atoms with Gasteiger partial charge >= 0.3 is 5.69 Å². The van der Waals surface area contributed by atoms with Crippen molar-refractivity contribution >= 4 is 11.6 Å². The molecule has 0 aromatic heterocycles. The van der Waals surface area contributed by atoms with E-state index in [1.165, 1.54) is 25.3 Å². The minimum absolute atomic E-state index is 0.0954. The van der Waals surface area contributed by atoms with E-state index in [2.05, 4.69) is 0 Å². The molecule has 1 fully saturated rings. The first-order valence-corrected chi connectivity index (χ1v) is 6.43. The SMILES string of the molecule is COc1ccc([N+](=O)[O-])c(OC2CCC(N)(C(N)=O)C2)c1. The molecule has 0 radical (unpaired) electrons. The van der Waals surface area contributed by atoms with Crippen LogP contribution in [0, 0.1) is 10.1 Å². The van der Waals surface area contributed by atoms with E-state index in [1.54, 1.807) is 0 Å². The summed E-state index contributed by atoms with van der Waals surface area (Å²) in [6.45, 7) is 0. The number of nitrogens with two attached hydrogens (primary N) is 2. The molecule has 0 aliphatic heterocycles. The number of carbonyl (C=O) groups excluding carboxylic acids is 1. The van der Waals surface area contributed by atoms with Crippen molar-refractivity contribution in [3.05, 3.63) is 28.3 Å². The second-order valence-electron chi connectivity index (χ2n) is 5.09. The molecule has 8 heteroatoms. The van der Waals surface area contributed by atoms with Crippen molar-refractivity contribution in [3.63, 3.8) is 0 Å². The lowest BCUT2D eigenvalue weighted by Gasteiger charge is -2.20.